The van der Waals surface area contributed by atoms with Crippen LogP contribution < -0.4 is 10.6 Å². The highest BCUT2D eigenvalue weighted by Crippen LogP contribution is 2.32. The topological polar surface area (TPSA) is 29.3 Å². The van der Waals surface area contributed by atoms with Crippen LogP contribution in [0.5, 0.6) is 0 Å². The average molecular weight is 274 g/mol. The fraction of sp³-hybridized carbons (Fsp3) is 0.667. The van der Waals surface area contributed by atoms with Gasteiger partial charge in [0.05, 0.1) is 0 Å². The van der Waals surface area contributed by atoms with Gasteiger partial charge in [-0.1, -0.05) is 26.0 Å². The van der Waals surface area contributed by atoms with Crippen molar-refractivity contribution in [3.63, 3.8) is 0 Å². The van der Waals surface area contributed by atoms with Gasteiger partial charge in [-0.3, -0.25) is 0 Å². The predicted octanol–water partition coefficient (Wildman–Crippen LogP) is 4.08. The third-order valence-electron chi connectivity index (χ3n) is 4.60. The van der Waals surface area contributed by atoms with Gasteiger partial charge in [0.25, 0.3) is 0 Å². The number of benzene rings is 1. The summed E-state index contributed by atoms with van der Waals surface area (Å²) in [6, 6.07) is 7.11. The fourth-order valence-corrected chi connectivity index (χ4v) is 3.10. The molecule has 1 atom stereocenters. The minimum atomic E-state index is 0.643. The van der Waals surface area contributed by atoms with Crippen LogP contribution in [0.1, 0.15) is 63.0 Å². The molecular weight excluding hydrogens is 244 g/mol. The Balaban J connectivity index is 2.24. The molecule has 1 aliphatic rings. The quantitative estimate of drug-likeness (QED) is 0.847. The Kier molecular flexibility index (Phi) is 5.90. The number of nitrogens with zero attached hydrogens (tertiary/aromatic N) is 1. The van der Waals surface area contributed by atoms with E-state index in [1.807, 2.05) is 0 Å². The first-order valence-electron chi connectivity index (χ1n) is 8.34. The number of hydrogen-bond acceptors (Lipinski definition) is 2. The van der Waals surface area contributed by atoms with Crippen LogP contribution in [0, 0.1) is 0 Å². The van der Waals surface area contributed by atoms with Gasteiger partial charge < -0.3 is 10.6 Å². The molecule has 1 fully saturated rings. The number of aryl methyl sites for hydroxylation is 1. The van der Waals surface area contributed by atoms with E-state index in [4.69, 9.17) is 5.73 Å². The molecule has 1 unspecified atom stereocenters. The third-order valence-corrected chi connectivity index (χ3v) is 4.60. The lowest BCUT2D eigenvalue weighted by Crippen LogP contribution is -2.30. The lowest BCUT2D eigenvalue weighted by Gasteiger charge is -2.32. The summed E-state index contributed by atoms with van der Waals surface area (Å²) in [6.45, 7) is 7.89. The zero-order valence-electron chi connectivity index (χ0n) is 13.2. The number of hydrogen-bond donors (Lipinski definition) is 1. The van der Waals surface area contributed by atoms with Gasteiger partial charge in [-0.2, -0.15) is 0 Å². The zero-order chi connectivity index (χ0) is 14.4. The highest BCUT2D eigenvalue weighted by atomic mass is 15.1. The Morgan fingerprint density at radius 2 is 1.95 bits per heavy atom. The molecule has 112 valence electrons. The van der Waals surface area contributed by atoms with Gasteiger partial charge >= 0.3 is 0 Å². The van der Waals surface area contributed by atoms with Crippen molar-refractivity contribution >= 4 is 5.69 Å². The van der Waals surface area contributed by atoms with Crippen molar-refractivity contribution in [1.82, 2.24) is 0 Å². The van der Waals surface area contributed by atoms with Crippen molar-refractivity contribution in [1.29, 1.82) is 0 Å². The standard InChI is InChI=1S/C18H30N2/c1-3-15(2)17-14-16(8-7-11-19)9-10-18(17)20-12-5-4-6-13-20/h9-10,14-15H,3-8,11-13,19H2,1-2H3. The van der Waals surface area contributed by atoms with E-state index in [0.29, 0.717) is 5.92 Å². The van der Waals surface area contributed by atoms with Crippen molar-refractivity contribution in [2.24, 2.45) is 5.73 Å². The second kappa shape index (κ2) is 7.68. The summed E-state index contributed by atoms with van der Waals surface area (Å²) in [5, 5.41) is 0. The zero-order valence-corrected chi connectivity index (χ0v) is 13.2. The molecule has 2 heteroatoms. The SMILES string of the molecule is CCC(C)c1cc(CCCN)ccc1N1CCCCC1. The number of rotatable bonds is 6. The van der Waals surface area contributed by atoms with E-state index < -0.39 is 0 Å². The van der Waals surface area contributed by atoms with Crippen molar-refractivity contribution in [3.8, 4) is 0 Å². The second-order valence-corrected chi connectivity index (χ2v) is 6.14. The van der Waals surface area contributed by atoms with Crippen LogP contribution in [0.25, 0.3) is 0 Å². The molecule has 2 rings (SSSR count). The Labute approximate surface area is 124 Å². The Morgan fingerprint density at radius 3 is 2.60 bits per heavy atom. The molecule has 2 N–H and O–H groups in total. The average Bonchev–Trinajstić information content (AvgIpc) is 2.52. The molecule has 0 radical (unpaired) electrons. The summed E-state index contributed by atoms with van der Waals surface area (Å²) >= 11 is 0. The molecule has 0 aromatic heterocycles. The summed E-state index contributed by atoms with van der Waals surface area (Å²) in [5.74, 6) is 0.643. The first-order valence-corrected chi connectivity index (χ1v) is 8.34. The normalized spacial score (nSPS) is 17.2. The molecule has 1 aromatic carbocycles. The second-order valence-electron chi connectivity index (χ2n) is 6.14. The maximum absolute atomic E-state index is 5.64. The van der Waals surface area contributed by atoms with Crippen LogP contribution in [0.4, 0.5) is 5.69 Å². The van der Waals surface area contributed by atoms with Crippen LogP contribution in [-0.2, 0) is 6.42 Å². The van der Waals surface area contributed by atoms with Gasteiger partial charge in [-0.15, -0.1) is 0 Å². The van der Waals surface area contributed by atoms with E-state index in [2.05, 4.69) is 36.9 Å². The van der Waals surface area contributed by atoms with E-state index in [0.717, 1.165) is 19.4 Å². The summed E-state index contributed by atoms with van der Waals surface area (Å²) in [4.78, 5) is 2.59. The molecule has 20 heavy (non-hydrogen) atoms. The van der Waals surface area contributed by atoms with Gasteiger partial charge in [-0.05, 0) is 68.2 Å². The smallest absolute Gasteiger partial charge is 0.0401 e. The molecule has 1 saturated heterocycles. The molecule has 0 saturated carbocycles. The van der Waals surface area contributed by atoms with E-state index in [-0.39, 0.29) is 0 Å². The van der Waals surface area contributed by atoms with Crippen molar-refractivity contribution in [2.45, 2.75) is 58.3 Å². The van der Waals surface area contributed by atoms with Crippen molar-refractivity contribution < 1.29 is 0 Å². The van der Waals surface area contributed by atoms with E-state index in [9.17, 15) is 0 Å². The number of piperidine rings is 1. The first kappa shape index (κ1) is 15.4. The number of anilines is 1. The van der Waals surface area contributed by atoms with Gasteiger partial charge in [0.1, 0.15) is 0 Å². The number of nitrogens with two attached hydrogens (primary N) is 1. The molecule has 0 aliphatic carbocycles. The fourth-order valence-electron chi connectivity index (χ4n) is 3.10. The van der Waals surface area contributed by atoms with Crippen LogP contribution in [-0.4, -0.2) is 19.6 Å². The van der Waals surface area contributed by atoms with E-state index in [1.165, 1.54) is 50.0 Å². The maximum atomic E-state index is 5.64. The monoisotopic (exact) mass is 274 g/mol. The third kappa shape index (κ3) is 3.76. The summed E-state index contributed by atoms with van der Waals surface area (Å²) in [7, 11) is 0. The molecule has 2 nitrogen and oxygen atoms in total. The molecule has 1 aromatic rings. The van der Waals surface area contributed by atoms with Crippen LogP contribution >= 0.6 is 0 Å². The predicted molar refractivity (Wildman–Crippen MR) is 88.6 cm³/mol. The highest BCUT2D eigenvalue weighted by Gasteiger charge is 2.17. The Morgan fingerprint density at radius 1 is 1.20 bits per heavy atom. The largest absolute Gasteiger partial charge is 0.371 e. The van der Waals surface area contributed by atoms with Gasteiger partial charge in [0.2, 0.25) is 0 Å². The minimum absolute atomic E-state index is 0.643. The first-order chi connectivity index (χ1) is 9.76. The summed E-state index contributed by atoms with van der Waals surface area (Å²) in [6.07, 6.45) is 7.48. The molecular formula is C18H30N2. The lowest BCUT2D eigenvalue weighted by atomic mass is 9.92. The maximum Gasteiger partial charge on any atom is 0.0401 e. The molecule has 0 bridgehead atoms. The summed E-state index contributed by atoms with van der Waals surface area (Å²) < 4.78 is 0. The van der Waals surface area contributed by atoms with Gasteiger partial charge in [0.15, 0.2) is 0 Å². The summed E-state index contributed by atoms with van der Waals surface area (Å²) in [5.41, 5.74) is 10.1. The lowest BCUT2D eigenvalue weighted by molar-refractivity contribution is 0.573. The van der Waals surface area contributed by atoms with E-state index in [1.54, 1.807) is 5.56 Å². The highest BCUT2D eigenvalue weighted by molar-refractivity contribution is 5.56. The van der Waals surface area contributed by atoms with Crippen LogP contribution in [0.2, 0.25) is 0 Å². The van der Waals surface area contributed by atoms with Crippen LogP contribution in [0.3, 0.4) is 0 Å². The Bertz CT molecular complexity index is 408. The van der Waals surface area contributed by atoms with Gasteiger partial charge in [-0.25, -0.2) is 0 Å². The van der Waals surface area contributed by atoms with E-state index >= 15 is 0 Å². The Hall–Kier alpha value is -1.02. The minimum Gasteiger partial charge on any atom is -0.371 e. The molecule has 0 amide bonds. The van der Waals surface area contributed by atoms with Crippen molar-refractivity contribution in [3.05, 3.63) is 29.3 Å². The molecule has 0 spiro atoms. The van der Waals surface area contributed by atoms with Gasteiger partial charge in [0, 0.05) is 18.8 Å². The molecule has 1 heterocycles. The van der Waals surface area contributed by atoms with Crippen LogP contribution in [0.15, 0.2) is 18.2 Å². The molecule has 1 aliphatic heterocycles. The van der Waals surface area contributed by atoms with Crippen molar-refractivity contribution in [2.75, 3.05) is 24.5 Å².